The van der Waals surface area contributed by atoms with Gasteiger partial charge in [0.1, 0.15) is 12.6 Å². The average Bonchev–Trinajstić information content (AvgIpc) is 2.74. The minimum absolute atomic E-state index is 0.271. The van der Waals surface area contributed by atoms with Crippen LogP contribution in [-0.2, 0) is 26.0 Å². The van der Waals surface area contributed by atoms with Gasteiger partial charge < -0.3 is 10.2 Å². The smallest absolute Gasteiger partial charge is 0.244 e. The molecule has 1 atom stereocenters. The van der Waals surface area contributed by atoms with Gasteiger partial charge in [0.25, 0.3) is 0 Å². The highest BCUT2D eigenvalue weighted by Gasteiger charge is 2.29. The fourth-order valence-electron chi connectivity index (χ4n) is 3.24. The number of carbonyl (C=O) groups is 2. The Morgan fingerprint density at radius 2 is 1.78 bits per heavy atom. The lowest BCUT2D eigenvalue weighted by Gasteiger charge is -2.31. The van der Waals surface area contributed by atoms with Gasteiger partial charge in [0.2, 0.25) is 21.8 Å². The molecule has 0 bridgehead atoms. The third-order valence-electron chi connectivity index (χ3n) is 5.13. The van der Waals surface area contributed by atoms with Gasteiger partial charge in [-0.15, -0.1) is 0 Å². The Balaban J connectivity index is 2.31. The van der Waals surface area contributed by atoms with E-state index in [0.29, 0.717) is 23.7 Å². The number of nitrogens with one attached hydrogen (secondary N) is 1. The first-order chi connectivity index (χ1) is 15.0. The third-order valence-corrected chi connectivity index (χ3v) is 6.67. The number of halogens is 1. The van der Waals surface area contributed by atoms with Crippen molar-refractivity contribution in [2.75, 3.05) is 30.2 Å². The summed E-state index contributed by atoms with van der Waals surface area (Å²) in [6.07, 6.45) is 1.57. The zero-order valence-electron chi connectivity index (χ0n) is 18.8. The van der Waals surface area contributed by atoms with Gasteiger partial charge >= 0.3 is 0 Å². The molecule has 7 nitrogen and oxygen atoms in total. The molecule has 0 aliphatic carbocycles. The van der Waals surface area contributed by atoms with Gasteiger partial charge in [0.05, 0.1) is 11.9 Å². The Kier molecular flexibility index (Phi) is 9.09. The van der Waals surface area contributed by atoms with Crippen molar-refractivity contribution < 1.29 is 18.0 Å². The minimum atomic E-state index is -3.77. The number of nitrogens with zero attached hydrogens (tertiary/aromatic N) is 2. The zero-order valence-corrected chi connectivity index (χ0v) is 20.4. The Labute approximate surface area is 195 Å². The summed E-state index contributed by atoms with van der Waals surface area (Å²) >= 11 is 6.18. The topological polar surface area (TPSA) is 86.8 Å². The summed E-state index contributed by atoms with van der Waals surface area (Å²) in [6, 6.07) is 13.7. The molecular formula is C23H30ClN3O4S. The molecule has 1 N–H and O–H groups in total. The van der Waals surface area contributed by atoms with E-state index in [1.807, 2.05) is 30.3 Å². The summed E-state index contributed by atoms with van der Waals surface area (Å²) in [7, 11) is -3.77. The summed E-state index contributed by atoms with van der Waals surface area (Å²) in [5.41, 5.74) is 2.10. The molecule has 9 heteroatoms. The van der Waals surface area contributed by atoms with Crippen molar-refractivity contribution in [3.8, 4) is 0 Å². The third kappa shape index (κ3) is 6.97. The number of hydrogen-bond acceptors (Lipinski definition) is 4. The summed E-state index contributed by atoms with van der Waals surface area (Å²) in [5, 5.41) is 3.13. The van der Waals surface area contributed by atoms with Crippen molar-refractivity contribution in [2.45, 2.75) is 33.2 Å². The summed E-state index contributed by atoms with van der Waals surface area (Å²) < 4.78 is 26.0. The van der Waals surface area contributed by atoms with E-state index >= 15 is 0 Å². The van der Waals surface area contributed by atoms with Crippen LogP contribution in [-0.4, -0.2) is 57.1 Å². The maximum Gasteiger partial charge on any atom is 0.244 e. The molecule has 0 radical (unpaired) electrons. The van der Waals surface area contributed by atoms with E-state index in [-0.39, 0.29) is 12.5 Å². The first-order valence-electron chi connectivity index (χ1n) is 10.4. The number of benzene rings is 2. The Bertz CT molecular complexity index is 1040. The molecule has 2 aromatic carbocycles. The lowest BCUT2D eigenvalue weighted by Crippen LogP contribution is -2.52. The number of rotatable bonds is 10. The molecule has 0 fully saturated rings. The van der Waals surface area contributed by atoms with Crippen LogP contribution in [0.15, 0.2) is 48.5 Å². The van der Waals surface area contributed by atoms with Crippen molar-refractivity contribution >= 4 is 39.1 Å². The van der Waals surface area contributed by atoms with E-state index in [4.69, 9.17) is 11.6 Å². The number of hydrogen-bond donors (Lipinski definition) is 1. The first-order valence-corrected chi connectivity index (χ1v) is 12.6. The summed E-state index contributed by atoms with van der Waals surface area (Å²) in [5.74, 6) is -0.764. The van der Waals surface area contributed by atoms with Crippen molar-refractivity contribution in [1.82, 2.24) is 10.2 Å². The molecule has 2 amide bonds. The molecule has 0 heterocycles. The van der Waals surface area contributed by atoms with Crippen molar-refractivity contribution in [2.24, 2.45) is 0 Å². The van der Waals surface area contributed by atoms with Gasteiger partial charge in [-0.1, -0.05) is 48.0 Å². The SMILES string of the molecule is CCNC(=O)C(C)N(CCc1ccccc1)C(=O)CN(c1ccc(C)c(Cl)c1)S(C)(=O)=O. The predicted molar refractivity (Wildman–Crippen MR) is 128 cm³/mol. The van der Waals surface area contributed by atoms with E-state index in [9.17, 15) is 18.0 Å². The molecule has 2 rings (SSSR count). The minimum Gasteiger partial charge on any atom is -0.355 e. The van der Waals surface area contributed by atoms with Crippen LogP contribution in [0.1, 0.15) is 25.0 Å². The van der Waals surface area contributed by atoms with Crippen LogP contribution in [0.2, 0.25) is 5.02 Å². The number of sulfonamides is 1. The van der Waals surface area contributed by atoms with E-state index < -0.39 is 28.5 Å². The molecule has 0 saturated carbocycles. The van der Waals surface area contributed by atoms with E-state index in [1.165, 1.54) is 11.0 Å². The Morgan fingerprint density at radius 3 is 2.34 bits per heavy atom. The fourth-order valence-corrected chi connectivity index (χ4v) is 4.26. The highest BCUT2D eigenvalue weighted by atomic mass is 35.5. The van der Waals surface area contributed by atoms with Gasteiger partial charge in [-0.25, -0.2) is 8.42 Å². The average molecular weight is 480 g/mol. The molecule has 0 aliphatic heterocycles. The van der Waals surface area contributed by atoms with Crippen molar-refractivity contribution in [3.63, 3.8) is 0 Å². The van der Waals surface area contributed by atoms with Gasteiger partial charge in [-0.3, -0.25) is 13.9 Å². The second kappa shape index (κ2) is 11.3. The standard InChI is InChI=1S/C23H30ClN3O4S/c1-5-25-23(29)18(3)26(14-13-19-9-7-6-8-10-19)22(28)16-27(32(4,30)31)20-12-11-17(2)21(24)15-20/h6-12,15,18H,5,13-14,16H2,1-4H3,(H,25,29). The van der Waals surface area contributed by atoms with E-state index in [0.717, 1.165) is 21.7 Å². The van der Waals surface area contributed by atoms with Crippen LogP contribution in [0.4, 0.5) is 5.69 Å². The monoisotopic (exact) mass is 479 g/mol. The van der Waals surface area contributed by atoms with Crippen LogP contribution >= 0.6 is 11.6 Å². The second-order valence-electron chi connectivity index (χ2n) is 7.60. The molecular weight excluding hydrogens is 450 g/mol. The quantitative estimate of drug-likeness (QED) is 0.567. The normalized spacial score (nSPS) is 12.2. The molecule has 0 aromatic heterocycles. The highest BCUT2D eigenvalue weighted by Crippen LogP contribution is 2.25. The number of likely N-dealkylation sites (N-methyl/N-ethyl adjacent to an activating group) is 1. The van der Waals surface area contributed by atoms with Crippen LogP contribution in [0, 0.1) is 6.92 Å². The largest absolute Gasteiger partial charge is 0.355 e. The Hall–Kier alpha value is -2.58. The van der Waals surface area contributed by atoms with Gasteiger partial charge in [0.15, 0.2) is 0 Å². The van der Waals surface area contributed by atoms with E-state index in [2.05, 4.69) is 5.32 Å². The molecule has 0 spiro atoms. The zero-order chi connectivity index (χ0) is 23.9. The summed E-state index contributed by atoms with van der Waals surface area (Å²) in [4.78, 5) is 27.2. The highest BCUT2D eigenvalue weighted by molar-refractivity contribution is 7.92. The molecule has 1 unspecified atom stereocenters. The second-order valence-corrected chi connectivity index (χ2v) is 9.91. The van der Waals surface area contributed by atoms with Crippen molar-refractivity contribution in [1.29, 1.82) is 0 Å². The maximum atomic E-state index is 13.3. The Morgan fingerprint density at radius 1 is 1.12 bits per heavy atom. The number of amides is 2. The molecule has 32 heavy (non-hydrogen) atoms. The van der Waals surface area contributed by atoms with Crippen molar-refractivity contribution in [3.05, 3.63) is 64.7 Å². The molecule has 2 aromatic rings. The summed E-state index contributed by atoms with van der Waals surface area (Å²) in [6.45, 7) is 5.52. The molecule has 0 aliphatic rings. The molecule has 174 valence electrons. The lowest BCUT2D eigenvalue weighted by atomic mass is 10.1. The van der Waals surface area contributed by atoms with Crippen LogP contribution in [0.5, 0.6) is 0 Å². The van der Waals surface area contributed by atoms with Crippen LogP contribution in [0.3, 0.4) is 0 Å². The van der Waals surface area contributed by atoms with Gasteiger partial charge in [0, 0.05) is 18.1 Å². The fraction of sp³-hybridized carbons (Fsp3) is 0.391. The first kappa shape index (κ1) is 25.7. The number of aryl methyl sites for hydroxylation is 1. The number of carbonyl (C=O) groups excluding carboxylic acids is 2. The van der Waals surface area contributed by atoms with Crippen LogP contribution < -0.4 is 9.62 Å². The lowest BCUT2D eigenvalue weighted by molar-refractivity contribution is -0.138. The van der Waals surface area contributed by atoms with Gasteiger partial charge in [-0.2, -0.15) is 0 Å². The van der Waals surface area contributed by atoms with E-state index in [1.54, 1.807) is 32.9 Å². The predicted octanol–water partition coefficient (Wildman–Crippen LogP) is 3.01. The van der Waals surface area contributed by atoms with Gasteiger partial charge in [-0.05, 0) is 50.5 Å². The maximum absolute atomic E-state index is 13.3. The number of anilines is 1. The molecule has 0 saturated heterocycles. The van der Waals surface area contributed by atoms with Crippen LogP contribution in [0.25, 0.3) is 0 Å².